The van der Waals surface area contributed by atoms with Crippen LogP contribution in [0.5, 0.6) is 11.5 Å². The number of thiophene rings is 1. The van der Waals surface area contributed by atoms with E-state index in [2.05, 4.69) is 0 Å². The molecule has 140 valence electrons. The molecule has 27 heavy (non-hydrogen) atoms. The van der Waals surface area contributed by atoms with Gasteiger partial charge < -0.3 is 14.6 Å². The third kappa shape index (κ3) is 4.81. The van der Waals surface area contributed by atoms with Crippen molar-refractivity contribution in [3.8, 4) is 32.4 Å². The lowest BCUT2D eigenvalue weighted by Crippen LogP contribution is -2.11. The molecule has 1 heterocycles. The number of alkyl halides is 1. The summed E-state index contributed by atoms with van der Waals surface area (Å²) in [5, 5.41) is 10.7. The molecule has 3 rings (SSSR count). The number of benzene rings is 2. The molecule has 0 aliphatic rings. The Morgan fingerprint density at radius 2 is 1.52 bits per heavy atom. The highest BCUT2D eigenvalue weighted by Crippen LogP contribution is 2.51. The smallest absolute Gasteiger partial charge is 0.503 e. The van der Waals surface area contributed by atoms with Crippen LogP contribution >= 0.6 is 22.9 Å². The fourth-order valence-corrected chi connectivity index (χ4v) is 3.85. The second kappa shape index (κ2) is 9.44. The number of carbonyl (C=O) groups is 1. The van der Waals surface area contributed by atoms with Crippen LogP contribution in [0.2, 0.25) is 0 Å². The molecule has 0 unspecified atom stereocenters. The van der Waals surface area contributed by atoms with Crippen LogP contribution in [0.1, 0.15) is 12.8 Å². The molecule has 1 N–H and O–H groups in total. The summed E-state index contributed by atoms with van der Waals surface area (Å²) in [6.45, 7) is 0.225. The molecule has 0 bridgehead atoms. The van der Waals surface area contributed by atoms with Crippen LogP contribution in [0.3, 0.4) is 0 Å². The zero-order valence-corrected chi connectivity index (χ0v) is 16.1. The van der Waals surface area contributed by atoms with Crippen molar-refractivity contribution in [2.45, 2.75) is 12.8 Å². The van der Waals surface area contributed by atoms with Crippen molar-refractivity contribution in [2.24, 2.45) is 0 Å². The van der Waals surface area contributed by atoms with Gasteiger partial charge in [0, 0.05) is 5.88 Å². The van der Waals surface area contributed by atoms with E-state index in [-0.39, 0.29) is 18.1 Å². The standard InChI is InChI=1S/C21H19ClO4S/c22-13-7-8-14-25-21(24)26-18-17(23)19(15-9-3-1-4-10-15)27-20(18)16-11-5-2-6-12-16/h1-6,9-12,23H,7-8,13-14H2. The number of carbonyl (C=O) groups excluding carboxylic acids is 1. The number of aromatic hydroxyl groups is 1. The summed E-state index contributed by atoms with van der Waals surface area (Å²) < 4.78 is 10.5. The minimum atomic E-state index is -0.838. The van der Waals surface area contributed by atoms with Crippen LogP contribution < -0.4 is 4.74 Å². The molecule has 0 aliphatic carbocycles. The van der Waals surface area contributed by atoms with Crippen molar-refractivity contribution in [3.63, 3.8) is 0 Å². The van der Waals surface area contributed by atoms with Crippen molar-refractivity contribution in [1.29, 1.82) is 0 Å². The Bertz CT molecular complexity index is 878. The summed E-state index contributed by atoms with van der Waals surface area (Å²) in [4.78, 5) is 13.4. The molecule has 0 spiro atoms. The molecule has 0 radical (unpaired) electrons. The molecule has 0 fully saturated rings. The maximum absolute atomic E-state index is 12.1. The van der Waals surface area contributed by atoms with E-state index in [0.717, 1.165) is 17.5 Å². The minimum absolute atomic E-state index is 0.0669. The first-order valence-electron chi connectivity index (χ1n) is 8.58. The summed E-state index contributed by atoms with van der Waals surface area (Å²) in [5.74, 6) is 0.567. The lowest BCUT2D eigenvalue weighted by Gasteiger charge is -2.07. The molecular weight excluding hydrogens is 384 g/mol. The Balaban J connectivity index is 1.91. The van der Waals surface area contributed by atoms with Crippen LogP contribution in [0.15, 0.2) is 60.7 Å². The highest BCUT2D eigenvalue weighted by Gasteiger charge is 2.24. The van der Waals surface area contributed by atoms with Crippen LogP contribution in [-0.4, -0.2) is 23.7 Å². The Morgan fingerprint density at radius 3 is 2.11 bits per heavy atom. The lowest BCUT2D eigenvalue weighted by atomic mass is 10.1. The van der Waals surface area contributed by atoms with E-state index in [4.69, 9.17) is 21.1 Å². The van der Waals surface area contributed by atoms with Gasteiger partial charge in [0.1, 0.15) is 0 Å². The molecule has 0 atom stereocenters. The lowest BCUT2D eigenvalue weighted by molar-refractivity contribution is 0.0972. The molecule has 3 aromatic rings. The number of hydrogen-bond acceptors (Lipinski definition) is 5. The van der Waals surface area contributed by atoms with Gasteiger partial charge in [-0.05, 0) is 24.0 Å². The van der Waals surface area contributed by atoms with Crippen LogP contribution in [0.4, 0.5) is 4.79 Å². The summed E-state index contributed by atoms with van der Waals surface area (Å²) in [5.41, 5.74) is 1.70. The molecule has 6 heteroatoms. The fraction of sp³-hybridized carbons (Fsp3) is 0.190. The Morgan fingerprint density at radius 1 is 0.926 bits per heavy atom. The SMILES string of the molecule is O=C(OCCCCCl)Oc1c(-c2ccccc2)sc(-c2ccccc2)c1O. The molecule has 0 amide bonds. The Hall–Kier alpha value is -2.50. The highest BCUT2D eigenvalue weighted by atomic mass is 35.5. The van der Waals surface area contributed by atoms with E-state index in [1.807, 2.05) is 60.7 Å². The first-order valence-corrected chi connectivity index (χ1v) is 9.93. The molecule has 0 aliphatic heterocycles. The summed E-state index contributed by atoms with van der Waals surface area (Å²) in [7, 11) is 0. The maximum Gasteiger partial charge on any atom is 0.514 e. The number of unbranched alkanes of at least 4 members (excludes halogenated alkanes) is 1. The Kier molecular flexibility index (Phi) is 6.74. The van der Waals surface area contributed by atoms with Crippen molar-refractivity contribution >= 4 is 29.1 Å². The zero-order chi connectivity index (χ0) is 19.1. The maximum atomic E-state index is 12.1. The van der Waals surface area contributed by atoms with E-state index < -0.39 is 6.16 Å². The minimum Gasteiger partial charge on any atom is -0.503 e. The van der Waals surface area contributed by atoms with Gasteiger partial charge in [-0.15, -0.1) is 22.9 Å². The first kappa shape index (κ1) is 19.3. The van der Waals surface area contributed by atoms with Gasteiger partial charge in [0.15, 0.2) is 11.5 Å². The first-order chi connectivity index (χ1) is 13.2. The predicted octanol–water partition coefficient (Wildman–Crippen LogP) is 6.32. The van der Waals surface area contributed by atoms with Crippen molar-refractivity contribution in [3.05, 3.63) is 60.7 Å². The van der Waals surface area contributed by atoms with Crippen LogP contribution in [0.25, 0.3) is 20.9 Å². The van der Waals surface area contributed by atoms with Crippen LogP contribution in [-0.2, 0) is 4.74 Å². The average Bonchev–Trinajstić information content (AvgIpc) is 3.03. The van der Waals surface area contributed by atoms with Crippen molar-refractivity contribution in [1.82, 2.24) is 0 Å². The molecular formula is C21H19ClO4S. The molecule has 0 saturated carbocycles. The van der Waals surface area contributed by atoms with E-state index in [0.29, 0.717) is 22.1 Å². The summed E-state index contributed by atoms with van der Waals surface area (Å²) >= 11 is 6.98. The highest BCUT2D eigenvalue weighted by molar-refractivity contribution is 7.19. The van der Waals surface area contributed by atoms with Gasteiger partial charge in [-0.25, -0.2) is 4.79 Å². The molecule has 2 aromatic carbocycles. The second-order valence-electron chi connectivity index (χ2n) is 5.77. The third-order valence-corrected chi connectivity index (χ3v) is 5.37. The summed E-state index contributed by atoms with van der Waals surface area (Å²) in [6.07, 6.45) is 0.579. The fourth-order valence-electron chi connectivity index (χ4n) is 2.53. The monoisotopic (exact) mass is 402 g/mol. The zero-order valence-electron chi connectivity index (χ0n) is 14.6. The van der Waals surface area contributed by atoms with E-state index >= 15 is 0 Å². The normalized spacial score (nSPS) is 10.6. The second-order valence-corrected chi connectivity index (χ2v) is 7.17. The van der Waals surface area contributed by atoms with Crippen LogP contribution in [0, 0.1) is 0 Å². The number of rotatable bonds is 7. The van der Waals surface area contributed by atoms with E-state index in [9.17, 15) is 9.90 Å². The quantitative estimate of drug-likeness (QED) is 0.285. The van der Waals surface area contributed by atoms with Crippen molar-refractivity contribution in [2.75, 3.05) is 12.5 Å². The summed E-state index contributed by atoms with van der Waals surface area (Å²) in [6, 6.07) is 19.0. The van der Waals surface area contributed by atoms with E-state index in [1.165, 1.54) is 11.3 Å². The van der Waals surface area contributed by atoms with Gasteiger partial charge in [0.05, 0.1) is 16.4 Å². The van der Waals surface area contributed by atoms with Gasteiger partial charge in [0.2, 0.25) is 0 Å². The molecule has 4 nitrogen and oxygen atoms in total. The van der Waals surface area contributed by atoms with Crippen molar-refractivity contribution < 1.29 is 19.4 Å². The molecule has 0 saturated heterocycles. The predicted molar refractivity (Wildman–Crippen MR) is 109 cm³/mol. The molecule has 1 aromatic heterocycles. The number of hydrogen-bond donors (Lipinski definition) is 1. The number of ether oxygens (including phenoxy) is 2. The largest absolute Gasteiger partial charge is 0.514 e. The van der Waals surface area contributed by atoms with Gasteiger partial charge in [-0.3, -0.25) is 0 Å². The van der Waals surface area contributed by atoms with Gasteiger partial charge in [0.25, 0.3) is 0 Å². The van der Waals surface area contributed by atoms with Gasteiger partial charge >= 0.3 is 6.16 Å². The number of halogens is 1. The van der Waals surface area contributed by atoms with E-state index in [1.54, 1.807) is 0 Å². The van der Waals surface area contributed by atoms with Gasteiger partial charge in [-0.2, -0.15) is 0 Å². The third-order valence-electron chi connectivity index (χ3n) is 3.85. The Labute approximate surface area is 166 Å². The topological polar surface area (TPSA) is 55.8 Å². The van der Waals surface area contributed by atoms with Gasteiger partial charge in [-0.1, -0.05) is 60.7 Å². The average molecular weight is 403 g/mol.